The van der Waals surface area contributed by atoms with Crippen LogP contribution in [0.4, 0.5) is 0 Å². The van der Waals surface area contributed by atoms with Crippen molar-refractivity contribution in [3.63, 3.8) is 0 Å². The van der Waals surface area contributed by atoms with Crippen LogP contribution in [0.1, 0.15) is 122 Å². The minimum atomic E-state index is -0.891. The summed E-state index contributed by atoms with van der Waals surface area (Å²) in [5.74, 6) is 0.761. The minimum absolute atomic E-state index is 0. The number of ether oxygens (including phenoxy) is 1. The van der Waals surface area contributed by atoms with E-state index >= 15 is 0 Å². The maximum atomic E-state index is 12.1. The molecule has 4 nitrogen and oxygen atoms in total. The first kappa shape index (κ1) is 45.9. The first-order valence-electron chi connectivity index (χ1n) is 12.9. The molecule has 0 bridgehead atoms. The average molecular weight is 590 g/mol. The molecule has 4 fully saturated rings. The predicted molar refractivity (Wildman–Crippen MR) is 149 cm³/mol. The number of rotatable bonds is 6. The summed E-state index contributed by atoms with van der Waals surface area (Å²) < 4.78 is 5.70. The summed E-state index contributed by atoms with van der Waals surface area (Å²) in [5.41, 5.74) is -0.891. The summed E-state index contributed by atoms with van der Waals surface area (Å²) in [6.45, 7) is 2.77. The van der Waals surface area contributed by atoms with Crippen molar-refractivity contribution >= 4 is 5.91 Å². The van der Waals surface area contributed by atoms with Gasteiger partial charge in [-0.05, 0) is 38.5 Å². The number of hydrogen-bond donors (Lipinski definition) is 1. The molecule has 1 unspecified atom stereocenters. The van der Waals surface area contributed by atoms with Crippen LogP contribution in [0.2, 0.25) is 0 Å². The van der Waals surface area contributed by atoms with E-state index in [2.05, 4.69) is 11.4 Å². The predicted octanol–water partition coefficient (Wildman–Crippen LogP) is 8.48. The fourth-order valence-electron chi connectivity index (χ4n) is 5.03. The molecule has 36 heavy (non-hydrogen) atoms. The quantitative estimate of drug-likeness (QED) is 0.249. The molecule has 0 aromatic heterocycles. The average Bonchev–Trinajstić information content (AvgIpc) is 3.57. The van der Waals surface area contributed by atoms with Crippen LogP contribution in [-0.2, 0) is 43.7 Å². The smallest absolute Gasteiger partial charge is 0.378 e. The van der Waals surface area contributed by atoms with Crippen molar-refractivity contribution in [2.45, 2.75) is 128 Å². The Morgan fingerprint density at radius 1 is 0.750 bits per heavy atom. The van der Waals surface area contributed by atoms with Crippen molar-refractivity contribution in [1.82, 2.24) is 5.32 Å². The third-order valence-electron chi connectivity index (χ3n) is 7.09. The van der Waals surface area contributed by atoms with Crippen molar-refractivity contribution in [1.29, 1.82) is 5.26 Å². The van der Waals surface area contributed by atoms with Crippen molar-refractivity contribution in [3.05, 3.63) is 29.7 Å². The van der Waals surface area contributed by atoms with E-state index in [1.807, 2.05) is 0 Å². The van der Waals surface area contributed by atoms with Gasteiger partial charge in [0, 0.05) is 12.5 Å². The number of hydrogen-bond acceptors (Lipinski definition) is 3. The van der Waals surface area contributed by atoms with Crippen molar-refractivity contribution in [3.8, 4) is 6.07 Å². The van der Waals surface area contributed by atoms with Gasteiger partial charge in [-0.15, -0.1) is 0 Å². The number of carbonyl (C=O) groups is 1. The van der Waals surface area contributed by atoms with E-state index in [0.717, 1.165) is 32.3 Å². The molecule has 0 heterocycles. The normalized spacial score (nSPS) is 19.7. The number of nitriles is 1. The van der Waals surface area contributed by atoms with Gasteiger partial charge in [-0.25, -0.2) is 0 Å². The zero-order valence-corrected chi connectivity index (χ0v) is 26.5. The van der Waals surface area contributed by atoms with Crippen molar-refractivity contribution in [2.24, 2.45) is 11.8 Å². The number of nitrogens with zero attached hydrogens (tertiary/aromatic N) is 1. The Bertz CT molecular complexity index is 482. The molecule has 4 saturated carbocycles. The van der Waals surface area contributed by atoms with E-state index in [-0.39, 0.29) is 75.7 Å². The third-order valence-corrected chi connectivity index (χ3v) is 7.09. The summed E-state index contributed by atoms with van der Waals surface area (Å²) in [6, 6.07) is 2.20. The zero-order chi connectivity index (χ0) is 21.5. The van der Waals surface area contributed by atoms with E-state index in [0.29, 0.717) is 12.5 Å². The molecule has 0 radical (unpaired) electrons. The van der Waals surface area contributed by atoms with Gasteiger partial charge in [0.2, 0.25) is 5.91 Å². The summed E-state index contributed by atoms with van der Waals surface area (Å²) >= 11 is 0. The largest absolute Gasteiger partial charge is 2.00 e. The van der Waals surface area contributed by atoms with E-state index in [1.165, 1.54) is 89.9 Å². The summed E-state index contributed by atoms with van der Waals surface area (Å²) in [6.07, 6.45) is 24.2. The SMILES string of the molecule is C1CCCC1.C1CCCC1.CC(C#N)(COCC1CCCC1)NC(=O)C1CCCC1.[CH3-].[CH3-].[CH3-].[CH3-].[Fe+2].[Fe+2]. The molecular weight excluding hydrogens is 532 g/mol. The Kier molecular flexibility index (Phi) is 35.6. The topological polar surface area (TPSA) is 62.1 Å². The maximum Gasteiger partial charge on any atom is 2.00 e. The molecule has 4 aliphatic carbocycles. The first-order valence-corrected chi connectivity index (χ1v) is 12.9. The number of amides is 1. The van der Waals surface area contributed by atoms with Crippen LogP contribution in [0.25, 0.3) is 0 Å². The molecule has 4 rings (SSSR count). The second kappa shape index (κ2) is 28.0. The molecule has 216 valence electrons. The molecule has 1 N–H and O–H groups in total. The molecule has 0 saturated heterocycles. The fraction of sp³-hybridized carbons (Fsp3) is 0.800. The monoisotopic (exact) mass is 590 g/mol. The Balaban J connectivity index is -0.000000169. The van der Waals surface area contributed by atoms with Gasteiger partial charge in [0.15, 0.2) is 0 Å². The van der Waals surface area contributed by atoms with Gasteiger partial charge in [0.1, 0.15) is 5.54 Å². The molecule has 1 atom stereocenters. The fourth-order valence-corrected chi connectivity index (χ4v) is 5.03. The van der Waals surface area contributed by atoms with Crippen LogP contribution in [-0.4, -0.2) is 24.7 Å². The molecular formula is C30H58Fe2N2O2. The number of carbonyl (C=O) groups excluding carboxylic acids is 1. The summed E-state index contributed by atoms with van der Waals surface area (Å²) in [4.78, 5) is 12.1. The Hall–Kier alpha value is -0.0410. The van der Waals surface area contributed by atoms with Gasteiger partial charge >= 0.3 is 34.1 Å². The molecule has 1 amide bonds. The van der Waals surface area contributed by atoms with Gasteiger partial charge in [-0.3, -0.25) is 4.79 Å². The number of nitrogens with one attached hydrogen (secondary N) is 1. The van der Waals surface area contributed by atoms with Crippen LogP contribution in [0.15, 0.2) is 0 Å². The van der Waals surface area contributed by atoms with Crippen molar-refractivity contribution in [2.75, 3.05) is 13.2 Å². The molecule has 6 heteroatoms. The Morgan fingerprint density at radius 2 is 1.11 bits per heavy atom. The second-order valence-corrected chi connectivity index (χ2v) is 10.1. The van der Waals surface area contributed by atoms with E-state index in [9.17, 15) is 10.1 Å². The third kappa shape index (κ3) is 20.0. The molecule has 0 aromatic rings. The molecule has 0 aromatic carbocycles. The Labute approximate surface area is 248 Å². The van der Waals surface area contributed by atoms with E-state index in [4.69, 9.17) is 4.74 Å². The minimum Gasteiger partial charge on any atom is -0.378 e. The van der Waals surface area contributed by atoms with Crippen molar-refractivity contribution < 1.29 is 43.7 Å². The second-order valence-electron chi connectivity index (χ2n) is 10.1. The molecule has 0 aliphatic heterocycles. The summed E-state index contributed by atoms with van der Waals surface area (Å²) in [7, 11) is 0. The molecule has 0 spiro atoms. The standard InChI is InChI=1S/C16H26N2O2.2C5H10.4CH3.2Fe/c1-16(11-17,12-20-10-13-6-2-3-7-13)18-15(19)14-8-4-5-9-14;2*1-2-4-5-3-1;;;;;;/h13-14H,2-10,12H2,1H3,(H,18,19);2*1-5H2;4*1H3;;/q;;;4*-1;2*+2. The zero-order valence-electron chi connectivity index (χ0n) is 24.3. The van der Waals surface area contributed by atoms with Crippen LogP contribution in [0.5, 0.6) is 0 Å². The van der Waals surface area contributed by atoms with Gasteiger partial charge in [0.05, 0.1) is 12.7 Å². The van der Waals surface area contributed by atoms with E-state index < -0.39 is 5.54 Å². The van der Waals surface area contributed by atoms with Crippen LogP contribution in [0.3, 0.4) is 0 Å². The molecule has 4 aliphatic rings. The van der Waals surface area contributed by atoms with Gasteiger partial charge in [0.25, 0.3) is 0 Å². The maximum absolute atomic E-state index is 12.1. The van der Waals surface area contributed by atoms with Gasteiger partial charge in [-0.2, -0.15) is 5.26 Å². The van der Waals surface area contributed by atoms with Crippen LogP contribution in [0, 0.1) is 52.9 Å². The van der Waals surface area contributed by atoms with Gasteiger partial charge in [-0.1, -0.05) is 89.9 Å². The first-order chi connectivity index (χ1) is 14.6. The van der Waals surface area contributed by atoms with Crippen LogP contribution < -0.4 is 5.32 Å². The Morgan fingerprint density at radius 3 is 1.47 bits per heavy atom. The van der Waals surface area contributed by atoms with Gasteiger partial charge < -0.3 is 39.8 Å². The van der Waals surface area contributed by atoms with E-state index in [1.54, 1.807) is 6.92 Å². The summed E-state index contributed by atoms with van der Waals surface area (Å²) in [5, 5.41) is 12.2. The van der Waals surface area contributed by atoms with Crippen LogP contribution >= 0.6 is 0 Å².